The summed E-state index contributed by atoms with van der Waals surface area (Å²) in [4.78, 5) is 0. The molecule has 0 heterocycles. The van der Waals surface area contributed by atoms with Crippen LogP contribution in [0.2, 0.25) is 0 Å². The van der Waals surface area contributed by atoms with Gasteiger partial charge in [-0.2, -0.15) is 8.42 Å². The first-order valence-electron chi connectivity index (χ1n) is 0.698. The molecule has 0 saturated heterocycles. The molecule has 0 fully saturated rings. The summed E-state index contributed by atoms with van der Waals surface area (Å²) in [7, 11) is -3.97. The third-order valence-electron chi connectivity index (χ3n) is 0. The van der Waals surface area contributed by atoms with Crippen LogP contribution in [-0.2, 0) is 26.2 Å². The minimum absolute atomic E-state index is 0. The summed E-state index contributed by atoms with van der Waals surface area (Å²) < 4.78 is 25.5. The fourth-order valence-corrected chi connectivity index (χ4v) is 0. The summed E-state index contributed by atoms with van der Waals surface area (Å²) in [6.07, 6.45) is 0. The van der Waals surface area contributed by atoms with E-state index in [1.165, 1.54) is 0 Å². The minimum atomic E-state index is -3.97. The Morgan fingerprint density at radius 3 is 1.50 bits per heavy atom. The summed E-state index contributed by atoms with van der Waals surface area (Å²) in [5.74, 6) is 0. The van der Waals surface area contributed by atoms with Crippen LogP contribution in [0.4, 0.5) is 0 Å². The van der Waals surface area contributed by atoms with E-state index in [1.807, 2.05) is 0 Å². The van der Waals surface area contributed by atoms with Gasteiger partial charge >= 0.3 is 9.15 Å². The predicted molar refractivity (Wildman–Crippen MR) is 20.5 cm³/mol. The zero-order chi connectivity index (χ0) is 4.50. The van der Waals surface area contributed by atoms with Crippen molar-refractivity contribution in [2.75, 3.05) is 0 Å². The van der Waals surface area contributed by atoms with Crippen molar-refractivity contribution in [3.05, 3.63) is 0 Å². The number of hydrogen-bond donors (Lipinski definition) is 2. The molecule has 0 aromatic heterocycles. The maximum Gasteiger partial charge on any atom is 0.316 e. The first-order chi connectivity index (χ1) is 2.00. The molecule has 0 bridgehead atoms. The van der Waals surface area contributed by atoms with E-state index in [9.17, 15) is 0 Å². The molecule has 0 aliphatic heterocycles. The summed E-state index contributed by atoms with van der Waals surface area (Å²) >= 11 is 2.65. The summed E-state index contributed by atoms with van der Waals surface area (Å²) in [5.41, 5.74) is 0. The Balaban J connectivity index is 0. The third kappa shape index (κ3) is 112. The standard InChI is InChI=1S/Mn.H2O3S2/c;1-5(2,3)4/h;(H2,1,2,3,4). The van der Waals surface area contributed by atoms with Crippen molar-refractivity contribution in [2.45, 2.75) is 0 Å². The van der Waals surface area contributed by atoms with Crippen LogP contribution in [0.3, 0.4) is 0 Å². The zero-order valence-corrected chi connectivity index (χ0v) is 5.39. The summed E-state index contributed by atoms with van der Waals surface area (Å²) in [6, 6.07) is 0. The molecule has 39 valence electrons. The van der Waals surface area contributed by atoms with Crippen molar-refractivity contribution >= 4 is 20.8 Å². The second-order valence-electron chi connectivity index (χ2n) is 0.448. The molecular formula is H2MnO3S2. The molecule has 1 radical (unpaired) electrons. The van der Waals surface area contributed by atoms with Crippen LogP contribution in [-0.4, -0.2) is 13.0 Å². The molecule has 0 aromatic carbocycles. The molecule has 6 heteroatoms. The van der Waals surface area contributed by atoms with Crippen LogP contribution >= 0.6 is 11.7 Å². The SMILES string of the molecule is O=S(=O)(O)S.[Mn]. The van der Waals surface area contributed by atoms with Gasteiger partial charge in [0.2, 0.25) is 0 Å². The van der Waals surface area contributed by atoms with Crippen LogP contribution in [0, 0.1) is 0 Å². The first-order valence-corrected chi connectivity index (χ1v) is 3.19. The molecule has 6 heavy (non-hydrogen) atoms. The van der Waals surface area contributed by atoms with Gasteiger partial charge in [0.1, 0.15) is 0 Å². The van der Waals surface area contributed by atoms with Crippen molar-refractivity contribution in [2.24, 2.45) is 0 Å². The summed E-state index contributed by atoms with van der Waals surface area (Å²) in [6.45, 7) is 0. The second-order valence-corrected chi connectivity index (χ2v) is 2.73. The van der Waals surface area contributed by atoms with Gasteiger partial charge in [0, 0.05) is 17.1 Å². The quantitative estimate of drug-likeness (QED) is 0.227. The molecule has 0 atom stereocenters. The molecule has 0 unspecified atom stereocenters. The number of hydrogen-bond acceptors (Lipinski definition) is 2. The number of thiol groups is 1. The van der Waals surface area contributed by atoms with E-state index < -0.39 is 9.15 Å². The Morgan fingerprint density at radius 1 is 1.50 bits per heavy atom. The van der Waals surface area contributed by atoms with Crippen molar-refractivity contribution in [3.8, 4) is 0 Å². The molecular weight excluding hydrogens is 167 g/mol. The maximum absolute atomic E-state index is 9.05. The Hall–Kier alpha value is 0.779. The Bertz CT molecular complexity index is 92.0. The van der Waals surface area contributed by atoms with Crippen LogP contribution in [0.5, 0.6) is 0 Å². The van der Waals surface area contributed by atoms with Crippen molar-refractivity contribution in [3.63, 3.8) is 0 Å². The van der Waals surface area contributed by atoms with Gasteiger partial charge in [-0.25, -0.2) is 0 Å². The van der Waals surface area contributed by atoms with Crippen LogP contribution < -0.4 is 0 Å². The Kier molecular flexibility index (Phi) is 4.75. The average Bonchev–Trinajstić information content (AvgIpc) is 0.722. The molecule has 0 aliphatic rings. The summed E-state index contributed by atoms with van der Waals surface area (Å²) in [5, 5.41) is 0. The monoisotopic (exact) mass is 169 g/mol. The fourth-order valence-electron chi connectivity index (χ4n) is 0. The topological polar surface area (TPSA) is 54.4 Å². The third-order valence-corrected chi connectivity index (χ3v) is 0. The van der Waals surface area contributed by atoms with E-state index in [0.29, 0.717) is 0 Å². The van der Waals surface area contributed by atoms with E-state index in [1.54, 1.807) is 0 Å². The van der Waals surface area contributed by atoms with Crippen LogP contribution in [0.25, 0.3) is 0 Å². The van der Waals surface area contributed by atoms with Crippen molar-refractivity contribution in [1.29, 1.82) is 0 Å². The molecule has 0 spiro atoms. The van der Waals surface area contributed by atoms with Gasteiger partial charge in [-0.15, -0.1) is 0 Å². The average molecular weight is 169 g/mol. The molecule has 0 amide bonds. The van der Waals surface area contributed by atoms with E-state index in [2.05, 4.69) is 11.7 Å². The molecule has 0 rings (SSSR count). The molecule has 0 aliphatic carbocycles. The van der Waals surface area contributed by atoms with Gasteiger partial charge in [-0.1, -0.05) is 0 Å². The van der Waals surface area contributed by atoms with Gasteiger partial charge in [-0.3, -0.25) is 4.55 Å². The zero-order valence-electron chi connectivity index (χ0n) is 2.50. The smallest absolute Gasteiger partial charge is 0.277 e. The molecule has 1 N–H and O–H groups in total. The van der Waals surface area contributed by atoms with Crippen molar-refractivity contribution in [1.82, 2.24) is 0 Å². The van der Waals surface area contributed by atoms with Crippen LogP contribution in [0.1, 0.15) is 0 Å². The molecule has 0 aromatic rings. The maximum atomic E-state index is 9.05. The van der Waals surface area contributed by atoms with Gasteiger partial charge in [0.05, 0.1) is 0 Å². The van der Waals surface area contributed by atoms with E-state index in [4.69, 9.17) is 13.0 Å². The Morgan fingerprint density at radius 2 is 1.50 bits per heavy atom. The number of rotatable bonds is 0. The fraction of sp³-hybridized carbons (Fsp3) is 0. The second kappa shape index (κ2) is 2.87. The van der Waals surface area contributed by atoms with Gasteiger partial charge in [0.15, 0.2) is 0 Å². The molecule has 3 nitrogen and oxygen atoms in total. The van der Waals surface area contributed by atoms with Crippen molar-refractivity contribution < 1.29 is 30.0 Å². The first kappa shape index (κ1) is 9.91. The van der Waals surface area contributed by atoms with Gasteiger partial charge < -0.3 is 0 Å². The van der Waals surface area contributed by atoms with E-state index >= 15 is 0 Å². The predicted octanol–water partition coefficient (Wildman–Crippen LogP) is -0.283. The van der Waals surface area contributed by atoms with E-state index in [0.717, 1.165) is 0 Å². The Labute approximate surface area is 51.2 Å². The largest absolute Gasteiger partial charge is 0.316 e. The normalized spacial score (nSPS) is 9.67. The van der Waals surface area contributed by atoms with Gasteiger partial charge in [-0.05, 0) is 11.7 Å². The van der Waals surface area contributed by atoms with Crippen LogP contribution in [0.15, 0.2) is 0 Å². The minimum Gasteiger partial charge on any atom is -0.277 e. The van der Waals surface area contributed by atoms with Gasteiger partial charge in [0.25, 0.3) is 0 Å². The molecule has 0 saturated carbocycles. The van der Waals surface area contributed by atoms with E-state index in [-0.39, 0.29) is 17.1 Å².